The fourth-order valence-corrected chi connectivity index (χ4v) is 2.07. The second-order valence-electron chi connectivity index (χ2n) is 6.36. The fraction of sp³-hybridized carbons (Fsp3) is 0.824. The first-order valence-corrected chi connectivity index (χ1v) is 9.26. The molecule has 0 aromatic carbocycles. The first-order valence-electron chi connectivity index (χ1n) is 9.26. The first kappa shape index (κ1) is 25.2. The standard InChI is InChI=1S/C17H35N5O5/c1-12(2)15(17(25)21-13(3)16(24)20-7-5-18)22-14(23)4-8-26-10-11-27-9-6-19/h12-13,15H,4-11,18-19H2,1-3H3,(H,20,24)(H,21,25)(H,22,23)/t13-,15?/m0/s1. The Morgan fingerprint density at radius 2 is 1.48 bits per heavy atom. The minimum atomic E-state index is -0.741. The van der Waals surface area contributed by atoms with E-state index in [1.807, 2.05) is 13.8 Å². The minimum Gasteiger partial charge on any atom is -0.379 e. The van der Waals surface area contributed by atoms with Gasteiger partial charge < -0.3 is 36.9 Å². The fourth-order valence-electron chi connectivity index (χ4n) is 2.07. The molecule has 0 fully saturated rings. The molecule has 0 aromatic rings. The van der Waals surface area contributed by atoms with E-state index in [0.29, 0.717) is 39.5 Å². The molecule has 1 unspecified atom stereocenters. The second-order valence-corrected chi connectivity index (χ2v) is 6.36. The van der Waals surface area contributed by atoms with Crippen LogP contribution in [0.15, 0.2) is 0 Å². The average Bonchev–Trinajstić information content (AvgIpc) is 2.62. The van der Waals surface area contributed by atoms with Gasteiger partial charge in [-0.2, -0.15) is 0 Å². The lowest BCUT2D eigenvalue weighted by atomic mass is 10.0. The van der Waals surface area contributed by atoms with Crippen molar-refractivity contribution in [2.45, 2.75) is 39.3 Å². The number of nitrogens with two attached hydrogens (primary N) is 2. The Morgan fingerprint density at radius 3 is 2.04 bits per heavy atom. The lowest BCUT2D eigenvalue weighted by Crippen LogP contribution is -2.54. The van der Waals surface area contributed by atoms with Gasteiger partial charge in [-0.3, -0.25) is 14.4 Å². The molecular formula is C17H35N5O5. The lowest BCUT2D eigenvalue weighted by molar-refractivity contribution is -0.133. The van der Waals surface area contributed by atoms with E-state index >= 15 is 0 Å². The van der Waals surface area contributed by atoms with E-state index in [1.54, 1.807) is 6.92 Å². The molecule has 0 aliphatic heterocycles. The number of nitrogens with one attached hydrogen (secondary N) is 3. The third kappa shape index (κ3) is 12.3. The molecule has 0 radical (unpaired) electrons. The number of amides is 3. The highest BCUT2D eigenvalue weighted by Crippen LogP contribution is 2.03. The van der Waals surface area contributed by atoms with E-state index in [1.165, 1.54) is 0 Å². The van der Waals surface area contributed by atoms with Gasteiger partial charge in [0.2, 0.25) is 17.7 Å². The van der Waals surface area contributed by atoms with Gasteiger partial charge in [0.15, 0.2) is 0 Å². The quantitative estimate of drug-likeness (QED) is 0.204. The van der Waals surface area contributed by atoms with Gasteiger partial charge >= 0.3 is 0 Å². The molecule has 0 bridgehead atoms. The number of carbonyl (C=O) groups is 3. The third-order valence-corrected chi connectivity index (χ3v) is 3.57. The molecule has 0 heterocycles. The Bertz CT molecular complexity index is 447. The molecule has 10 heteroatoms. The molecule has 0 saturated carbocycles. The zero-order chi connectivity index (χ0) is 20.7. The predicted octanol–water partition coefficient (Wildman–Crippen LogP) is -1.91. The van der Waals surface area contributed by atoms with Crippen molar-refractivity contribution in [2.75, 3.05) is 46.1 Å². The summed E-state index contributed by atoms with van der Waals surface area (Å²) in [6.45, 7) is 7.79. The van der Waals surface area contributed by atoms with Crippen molar-refractivity contribution in [3.8, 4) is 0 Å². The van der Waals surface area contributed by atoms with E-state index in [-0.39, 0.29) is 30.8 Å². The highest BCUT2D eigenvalue weighted by atomic mass is 16.5. The van der Waals surface area contributed by atoms with Crippen molar-refractivity contribution < 1.29 is 23.9 Å². The van der Waals surface area contributed by atoms with Crippen LogP contribution in [0.4, 0.5) is 0 Å². The highest BCUT2D eigenvalue weighted by molar-refractivity contribution is 5.92. The van der Waals surface area contributed by atoms with Crippen molar-refractivity contribution in [1.82, 2.24) is 16.0 Å². The lowest BCUT2D eigenvalue weighted by Gasteiger charge is -2.23. The number of hydrogen-bond acceptors (Lipinski definition) is 7. The van der Waals surface area contributed by atoms with Gasteiger partial charge in [-0.1, -0.05) is 13.8 Å². The molecule has 7 N–H and O–H groups in total. The molecule has 158 valence electrons. The van der Waals surface area contributed by atoms with Crippen LogP contribution in [0.2, 0.25) is 0 Å². The van der Waals surface area contributed by atoms with Gasteiger partial charge in [-0.05, 0) is 12.8 Å². The Labute approximate surface area is 161 Å². The maximum absolute atomic E-state index is 12.4. The number of hydrogen-bond donors (Lipinski definition) is 5. The summed E-state index contributed by atoms with van der Waals surface area (Å²) in [5, 5.41) is 7.89. The molecule has 0 spiro atoms. The molecular weight excluding hydrogens is 354 g/mol. The summed E-state index contributed by atoms with van der Waals surface area (Å²) in [5.41, 5.74) is 10.6. The van der Waals surface area contributed by atoms with Gasteiger partial charge in [-0.15, -0.1) is 0 Å². The van der Waals surface area contributed by atoms with Crippen LogP contribution < -0.4 is 27.4 Å². The van der Waals surface area contributed by atoms with E-state index in [0.717, 1.165) is 0 Å². The largest absolute Gasteiger partial charge is 0.379 e. The molecule has 2 atom stereocenters. The van der Waals surface area contributed by atoms with Crippen LogP contribution in [0, 0.1) is 5.92 Å². The maximum Gasteiger partial charge on any atom is 0.243 e. The van der Waals surface area contributed by atoms with E-state index in [2.05, 4.69) is 16.0 Å². The van der Waals surface area contributed by atoms with Gasteiger partial charge in [0.1, 0.15) is 12.1 Å². The normalized spacial score (nSPS) is 13.1. The second kappa shape index (κ2) is 15.3. The van der Waals surface area contributed by atoms with Crippen LogP contribution in [-0.4, -0.2) is 75.9 Å². The van der Waals surface area contributed by atoms with Gasteiger partial charge in [-0.25, -0.2) is 0 Å². The van der Waals surface area contributed by atoms with Crippen LogP contribution >= 0.6 is 0 Å². The predicted molar refractivity (Wildman–Crippen MR) is 102 cm³/mol. The SMILES string of the molecule is CC(C)C(NC(=O)CCOCCOCCN)C(=O)N[C@@H](C)C(=O)NCCN. The van der Waals surface area contributed by atoms with E-state index < -0.39 is 18.0 Å². The van der Waals surface area contributed by atoms with Gasteiger partial charge in [0.25, 0.3) is 0 Å². The molecule has 0 saturated heterocycles. The van der Waals surface area contributed by atoms with Crippen molar-refractivity contribution in [3.05, 3.63) is 0 Å². The number of carbonyl (C=O) groups excluding carboxylic acids is 3. The minimum absolute atomic E-state index is 0.125. The van der Waals surface area contributed by atoms with Crippen LogP contribution in [0.3, 0.4) is 0 Å². The topological polar surface area (TPSA) is 158 Å². The highest BCUT2D eigenvalue weighted by Gasteiger charge is 2.26. The molecule has 0 rings (SSSR count). The van der Waals surface area contributed by atoms with Crippen LogP contribution in [0.5, 0.6) is 0 Å². The van der Waals surface area contributed by atoms with Crippen molar-refractivity contribution >= 4 is 17.7 Å². The zero-order valence-electron chi connectivity index (χ0n) is 16.6. The Hall–Kier alpha value is -1.75. The summed E-state index contributed by atoms with van der Waals surface area (Å²) in [5.74, 6) is -1.18. The Balaban J connectivity index is 4.28. The maximum atomic E-state index is 12.4. The summed E-state index contributed by atoms with van der Waals surface area (Å²) >= 11 is 0. The average molecular weight is 389 g/mol. The summed E-state index contributed by atoms with van der Waals surface area (Å²) in [7, 11) is 0. The Kier molecular flexibility index (Phi) is 14.3. The molecule has 10 nitrogen and oxygen atoms in total. The van der Waals surface area contributed by atoms with Gasteiger partial charge in [0.05, 0.1) is 26.4 Å². The van der Waals surface area contributed by atoms with E-state index in [9.17, 15) is 14.4 Å². The van der Waals surface area contributed by atoms with Crippen LogP contribution in [0.25, 0.3) is 0 Å². The van der Waals surface area contributed by atoms with E-state index in [4.69, 9.17) is 20.9 Å². The summed E-state index contributed by atoms with van der Waals surface area (Å²) in [4.78, 5) is 36.3. The first-order chi connectivity index (χ1) is 12.8. The third-order valence-electron chi connectivity index (χ3n) is 3.57. The number of rotatable bonds is 15. The summed E-state index contributed by atoms with van der Waals surface area (Å²) in [6.07, 6.45) is 0.125. The van der Waals surface area contributed by atoms with Gasteiger partial charge in [0, 0.05) is 26.1 Å². The Morgan fingerprint density at radius 1 is 0.852 bits per heavy atom. The summed E-state index contributed by atoms with van der Waals surface area (Å²) in [6, 6.07) is -1.46. The zero-order valence-corrected chi connectivity index (χ0v) is 16.6. The molecule has 0 aliphatic carbocycles. The van der Waals surface area contributed by atoms with Crippen LogP contribution in [0.1, 0.15) is 27.2 Å². The monoisotopic (exact) mass is 389 g/mol. The van der Waals surface area contributed by atoms with Crippen molar-refractivity contribution in [1.29, 1.82) is 0 Å². The molecule has 3 amide bonds. The van der Waals surface area contributed by atoms with Crippen molar-refractivity contribution in [3.63, 3.8) is 0 Å². The molecule has 27 heavy (non-hydrogen) atoms. The summed E-state index contributed by atoms with van der Waals surface area (Å²) < 4.78 is 10.5. The van der Waals surface area contributed by atoms with Crippen molar-refractivity contribution in [2.24, 2.45) is 17.4 Å². The smallest absolute Gasteiger partial charge is 0.243 e. The number of ether oxygens (including phenoxy) is 2. The molecule has 0 aliphatic rings. The molecule has 0 aromatic heterocycles. The van der Waals surface area contributed by atoms with Crippen LogP contribution in [-0.2, 0) is 23.9 Å².